The van der Waals surface area contributed by atoms with E-state index in [0.717, 1.165) is 162 Å². The zero-order valence-electron chi connectivity index (χ0n) is 82.3. The van der Waals surface area contributed by atoms with Crippen molar-refractivity contribution in [2.45, 2.75) is 251 Å². The summed E-state index contributed by atoms with van der Waals surface area (Å²) in [4.78, 5) is 232. The number of amides is 12. The van der Waals surface area contributed by atoms with E-state index in [4.69, 9.17) is 117 Å². The molecule has 56 heteroatoms. The number of aliphatic hydroxyl groups excluding tert-OH is 2. The molecular formula is C91H148N14O38Pt4. The number of nitrogens with one attached hydrogen (secondary N) is 6. The number of rotatable bonds is 39. The molecule has 4 saturated carbocycles. The van der Waals surface area contributed by atoms with Crippen molar-refractivity contribution < 1.29 is 271 Å². The molecule has 0 aromatic heterocycles. The zero-order valence-corrected chi connectivity index (χ0v) is 91.4. The zero-order chi connectivity index (χ0) is 107. The summed E-state index contributed by atoms with van der Waals surface area (Å²) >= 11 is 0. The van der Waals surface area contributed by atoms with Crippen LogP contribution in [0.5, 0.6) is 0 Å². The van der Waals surface area contributed by atoms with Crippen LogP contribution in [0.4, 0.5) is 19.2 Å². The molecule has 2 unspecified atom stereocenters. The second-order valence-electron chi connectivity index (χ2n) is 31.4. The topological polar surface area (TPSA) is 942 Å². The van der Waals surface area contributed by atoms with Crippen molar-refractivity contribution in [3.8, 4) is 0 Å². The van der Waals surface area contributed by atoms with Gasteiger partial charge in [0, 0.05) is 122 Å². The summed E-state index contributed by atoms with van der Waals surface area (Å²) in [5.41, 5.74) is 12.3. The van der Waals surface area contributed by atoms with Gasteiger partial charge in [-0.3, -0.25) is 91.5 Å². The van der Waals surface area contributed by atoms with Crippen molar-refractivity contribution in [2.75, 3.05) is 65.6 Å². The van der Waals surface area contributed by atoms with E-state index in [1.165, 1.54) is 107 Å². The van der Waals surface area contributed by atoms with Crippen LogP contribution in [0.1, 0.15) is 249 Å². The van der Waals surface area contributed by atoms with Gasteiger partial charge in [-0.15, -0.1) is 0 Å². The number of hydrogen-bond donors (Lipinski definition) is 20. The number of carbonyl (C=O) groups is 22. The van der Waals surface area contributed by atoms with Gasteiger partial charge in [-0.2, -0.15) is 23.9 Å². The van der Waals surface area contributed by atoms with Crippen LogP contribution in [-0.2, 0) is 166 Å². The fraction of sp³-hybridized carbons (Fsp3) is 0.582. The number of carbonyl (C=O) groups excluding carboxylic acids is 8. The van der Waals surface area contributed by atoms with Gasteiger partial charge in [0.15, 0.2) is 10.8 Å². The van der Waals surface area contributed by atoms with E-state index in [9.17, 15) is 81.5 Å². The fourth-order valence-corrected chi connectivity index (χ4v) is 12.2. The van der Waals surface area contributed by atoms with E-state index in [2.05, 4.69) is 35.1 Å². The van der Waals surface area contributed by atoms with Crippen molar-refractivity contribution >= 4 is 131 Å². The second-order valence-corrected chi connectivity index (χ2v) is 31.4. The van der Waals surface area contributed by atoms with E-state index < -0.39 is 108 Å². The Hall–Kier alpha value is -11.0. The summed E-state index contributed by atoms with van der Waals surface area (Å²) in [7, 11) is 0. The molecule has 30 N–H and O–H groups in total. The number of aromatic carboxylic acids is 1. The summed E-state index contributed by atoms with van der Waals surface area (Å²) < 4.78 is 0. The molecule has 52 nitrogen and oxygen atoms in total. The molecular weight excluding hydrogens is 2680 g/mol. The molecule has 850 valence electrons. The van der Waals surface area contributed by atoms with Gasteiger partial charge in [-0.05, 0) is 102 Å². The Bertz CT molecular complexity index is 3620. The quantitative estimate of drug-likeness (QED) is 0.0126. The van der Waals surface area contributed by atoms with Crippen LogP contribution in [0.3, 0.4) is 0 Å². The molecule has 4 aliphatic heterocycles. The predicted octanol–water partition coefficient (Wildman–Crippen LogP) is 12.7. The number of carboxylic acids is 10. The minimum absolute atomic E-state index is 0. The van der Waals surface area contributed by atoms with Crippen LogP contribution in [0, 0.1) is 36.5 Å². The summed E-state index contributed by atoms with van der Waals surface area (Å²) in [6.07, 6.45) is 36.4. The first-order valence-corrected chi connectivity index (χ1v) is 44.8. The third kappa shape index (κ3) is 89.8. The van der Waals surface area contributed by atoms with E-state index in [1.807, 2.05) is 0 Å². The van der Waals surface area contributed by atoms with Gasteiger partial charge in [-0.1, -0.05) is 147 Å². The summed E-state index contributed by atoms with van der Waals surface area (Å²) in [6, 6.07) is 8.58. The maximum absolute atomic E-state index is 11.2. The van der Waals surface area contributed by atoms with E-state index in [1.54, 1.807) is 30.3 Å². The number of unbranched alkanes of at least 4 members (excludes halogenated alkanes) is 16. The number of imide groups is 4. The van der Waals surface area contributed by atoms with Crippen molar-refractivity contribution in [1.82, 2.24) is 40.9 Å². The van der Waals surface area contributed by atoms with E-state index in [-0.39, 0.29) is 194 Å². The number of carboxylic acid groups (broad SMARTS) is 14. The van der Waals surface area contributed by atoms with Crippen LogP contribution in [0.2, 0.25) is 0 Å². The Morgan fingerprint density at radius 1 is 0.306 bits per heavy atom. The van der Waals surface area contributed by atoms with Crippen molar-refractivity contribution in [3.05, 3.63) is 134 Å². The van der Waals surface area contributed by atoms with Crippen molar-refractivity contribution in [1.29, 1.82) is 0 Å². The maximum Gasteiger partial charge on any atom is 2.00 e. The molecule has 4 fully saturated rings. The van der Waals surface area contributed by atoms with Gasteiger partial charge < -0.3 is 153 Å². The standard InChI is InChI=1S/4C12H18N2O4.2C7H13N.C7H6O2.2C6H8O4.2C2H4O3.3C2H4O2.4H2N.4Pt/c4*15-10-6-7-11(16)14(10)9-5-3-1-2-4-8-13-12(17)18;2*1-6-4-2-3-5-7(6)8;8-7(9)6-4-2-1-3-5-6;2*7-4(8)6(5(9)10)2-1-3-6;2*3-1-2(4)5;3*1-2(3)4;;;;;;;;/h4*6-7,13H,1-5,8-9H2,(H,17,18);2*6-8H,1-5H2;1-5H,(H,8,9);2*1-3H2,(H,7,8)(H,9,10);2*3H,1H2,(H,4,5);3*1H3,(H,3,4);4*1H2;;;;/q;;;;2*-2;;;;;;;;;4*-1;4*+2/t;;;;2*6-,7?;;;;;;;;;;;;;;;;/m....11................/s1. The SMILES string of the molecule is CC(=O)O.CC(=O)O.CC(=O)O.O=C(O)C1(C(=O)O)CCC1.O=C(O)C1(C(=O)O)CCC1.O=C(O)CO.O=C(O)CO.O=C(O)NCCCCCCCN1C(=O)C=CC1=O.O=C(O)NCCCCCCCN1C(=O)C=CC1=O.O=C(O)NCCCCCCCN1C(=O)C=CC1=O.O=C(O)NCCCCCCCN1C(=O)C=CC1=O.O=C(O)c1ccccc1.[CH2-][C@@H]1CCCCC1[NH-].[CH2-][C@@H]1CCCCC1[NH-].[NH2-].[NH2-].[NH2-].[NH2-].[Pt+2].[Pt+2].[Pt+2].[Pt+2]. The third-order valence-electron chi connectivity index (χ3n) is 20.1. The molecule has 8 aliphatic rings. The predicted molar refractivity (Wildman–Crippen MR) is 518 cm³/mol. The molecule has 4 heterocycles. The average molecular weight is 2830 g/mol. The molecule has 0 radical (unpaired) electrons. The molecule has 12 amide bonds. The van der Waals surface area contributed by atoms with Gasteiger partial charge in [-0.25, -0.2) is 33.6 Å². The van der Waals surface area contributed by atoms with Crippen LogP contribution < -0.4 is 21.3 Å². The summed E-state index contributed by atoms with van der Waals surface area (Å²) in [6.45, 7) is 13.3. The van der Waals surface area contributed by atoms with Gasteiger partial charge in [0.25, 0.3) is 65.2 Å². The Balaban J connectivity index is -0.000000122. The minimum Gasteiger partial charge on any atom is -0.693 e. The minimum atomic E-state index is -1.44. The molecule has 1 aromatic carbocycles. The second kappa shape index (κ2) is 101. The number of benzene rings is 1. The summed E-state index contributed by atoms with van der Waals surface area (Å²) in [5, 5.41) is 137. The first-order chi connectivity index (χ1) is 65.3. The Morgan fingerprint density at radius 3 is 0.592 bits per heavy atom. The fourth-order valence-electron chi connectivity index (χ4n) is 12.2. The molecule has 4 aliphatic carbocycles. The molecule has 9 rings (SSSR count). The van der Waals surface area contributed by atoms with Crippen LogP contribution in [0.15, 0.2) is 78.9 Å². The smallest absolute Gasteiger partial charge is 0.693 e. The van der Waals surface area contributed by atoms with E-state index >= 15 is 0 Å². The van der Waals surface area contributed by atoms with Crippen LogP contribution in [-0.4, -0.2) is 310 Å². The normalized spacial score (nSPS) is 15.8. The van der Waals surface area contributed by atoms with Gasteiger partial charge in [0.2, 0.25) is 0 Å². The number of nitrogens with two attached hydrogens (primary N) is 4. The Kier molecular flexibility index (Phi) is 112. The monoisotopic (exact) mass is 2820 g/mol. The van der Waals surface area contributed by atoms with Crippen molar-refractivity contribution in [2.24, 2.45) is 22.7 Å². The van der Waals surface area contributed by atoms with Crippen LogP contribution in [0.25, 0.3) is 36.1 Å². The Labute approximate surface area is 911 Å². The molecule has 147 heavy (non-hydrogen) atoms. The molecule has 0 bridgehead atoms. The number of nitrogens with zero attached hydrogens (tertiary/aromatic N) is 4. The van der Waals surface area contributed by atoms with Crippen molar-refractivity contribution in [3.63, 3.8) is 0 Å². The maximum atomic E-state index is 11.2. The average Bonchev–Trinajstić information content (AvgIpc) is 1.15. The van der Waals surface area contributed by atoms with Crippen LogP contribution >= 0.6 is 0 Å². The largest absolute Gasteiger partial charge is 2.00 e. The van der Waals surface area contributed by atoms with Gasteiger partial charge in [0.05, 0.1) is 5.56 Å². The number of aliphatic hydroxyl groups is 2. The summed E-state index contributed by atoms with van der Waals surface area (Å²) in [5.74, 6) is -11.6. The third-order valence-corrected chi connectivity index (χ3v) is 20.1. The van der Waals surface area contributed by atoms with E-state index in [0.29, 0.717) is 82.6 Å². The first-order valence-electron chi connectivity index (χ1n) is 44.8. The van der Waals surface area contributed by atoms with Gasteiger partial charge in [0.1, 0.15) is 13.2 Å². The Morgan fingerprint density at radius 2 is 0.476 bits per heavy atom. The molecule has 4 atom stereocenters. The number of hydrogen-bond acceptors (Lipinski definition) is 24. The molecule has 0 saturated heterocycles. The first kappa shape index (κ1) is 164. The number of aliphatic carboxylic acids is 9. The molecule has 0 spiro atoms. The van der Waals surface area contributed by atoms with Gasteiger partial charge >= 0.3 is 150 Å². The molecule has 1 aromatic rings.